The zero-order chi connectivity index (χ0) is 13.7. The number of methoxy groups -OCH3 is 1. The predicted molar refractivity (Wildman–Crippen MR) is 75.0 cm³/mol. The van der Waals surface area contributed by atoms with Gasteiger partial charge in [-0.05, 0) is 17.5 Å². The first-order chi connectivity index (χ1) is 9.26. The van der Waals surface area contributed by atoms with Crippen molar-refractivity contribution in [1.82, 2.24) is 10.2 Å². The van der Waals surface area contributed by atoms with E-state index in [-0.39, 0.29) is 12.0 Å². The van der Waals surface area contributed by atoms with E-state index >= 15 is 0 Å². The molecule has 1 N–H and O–H groups in total. The highest BCUT2D eigenvalue weighted by Crippen LogP contribution is 2.23. The van der Waals surface area contributed by atoms with Gasteiger partial charge < -0.3 is 10.1 Å². The molecular weight excluding hydrogens is 240 g/mol. The summed E-state index contributed by atoms with van der Waals surface area (Å²) < 4.78 is 4.98. The molecule has 4 nitrogen and oxygen atoms in total. The Morgan fingerprint density at radius 2 is 1.95 bits per heavy atom. The molecule has 0 amide bonds. The average molecular weight is 262 g/mol. The van der Waals surface area contributed by atoms with Gasteiger partial charge in [0.1, 0.15) is 6.04 Å². The molecule has 0 aromatic heterocycles. The maximum absolute atomic E-state index is 12.1. The molecule has 1 atom stereocenters. The van der Waals surface area contributed by atoms with Crippen molar-refractivity contribution in [3.63, 3.8) is 0 Å². The van der Waals surface area contributed by atoms with E-state index in [4.69, 9.17) is 4.74 Å². The van der Waals surface area contributed by atoms with Crippen LogP contribution in [0.5, 0.6) is 0 Å². The number of rotatable bonds is 4. The fraction of sp³-hybridized carbons (Fsp3) is 0.533. The van der Waals surface area contributed by atoms with Gasteiger partial charge in [-0.3, -0.25) is 4.90 Å². The van der Waals surface area contributed by atoms with Crippen LogP contribution in [0.4, 0.5) is 0 Å². The van der Waals surface area contributed by atoms with Gasteiger partial charge in [-0.25, -0.2) is 4.79 Å². The zero-order valence-electron chi connectivity index (χ0n) is 11.7. The van der Waals surface area contributed by atoms with Crippen molar-refractivity contribution < 1.29 is 9.53 Å². The number of carbonyl (C=O) groups is 1. The molecule has 1 aliphatic heterocycles. The number of esters is 1. The van der Waals surface area contributed by atoms with Gasteiger partial charge in [0, 0.05) is 26.2 Å². The molecule has 2 rings (SSSR count). The Morgan fingerprint density at radius 1 is 1.32 bits per heavy atom. The third kappa shape index (κ3) is 3.33. The van der Waals surface area contributed by atoms with E-state index in [1.807, 2.05) is 12.1 Å². The van der Waals surface area contributed by atoms with Crippen LogP contribution in [-0.4, -0.2) is 44.2 Å². The Kier molecular flexibility index (Phi) is 4.93. The van der Waals surface area contributed by atoms with Gasteiger partial charge in [0.2, 0.25) is 0 Å². The van der Waals surface area contributed by atoms with Crippen molar-refractivity contribution in [2.75, 3.05) is 33.3 Å². The minimum atomic E-state index is -0.280. The lowest BCUT2D eigenvalue weighted by Crippen LogP contribution is -2.47. The van der Waals surface area contributed by atoms with Gasteiger partial charge >= 0.3 is 5.97 Å². The lowest BCUT2D eigenvalue weighted by molar-refractivity contribution is -0.147. The summed E-state index contributed by atoms with van der Waals surface area (Å²) in [5, 5.41) is 3.30. The SMILES string of the molecule is CCc1ccc(C(C(=O)OC)N2CCNCC2)cc1. The molecule has 0 radical (unpaired) electrons. The first-order valence-corrected chi connectivity index (χ1v) is 6.87. The van der Waals surface area contributed by atoms with E-state index in [0.717, 1.165) is 38.2 Å². The summed E-state index contributed by atoms with van der Waals surface area (Å²) in [6.07, 6.45) is 1.01. The molecule has 19 heavy (non-hydrogen) atoms. The van der Waals surface area contributed by atoms with Crippen molar-refractivity contribution >= 4 is 5.97 Å². The molecule has 4 heteroatoms. The molecule has 1 heterocycles. The molecule has 1 aromatic carbocycles. The fourth-order valence-corrected chi connectivity index (χ4v) is 2.48. The first-order valence-electron chi connectivity index (χ1n) is 6.87. The van der Waals surface area contributed by atoms with Crippen LogP contribution in [0, 0.1) is 0 Å². The number of hydrogen-bond acceptors (Lipinski definition) is 4. The van der Waals surface area contributed by atoms with Crippen molar-refractivity contribution in [3.05, 3.63) is 35.4 Å². The highest BCUT2D eigenvalue weighted by molar-refractivity contribution is 5.77. The maximum atomic E-state index is 12.1. The highest BCUT2D eigenvalue weighted by Gasteiger charge is 2.29. The minimum Gasteiger partial charge on any atom is -0.468 e. The minimum absolute atomic E-state index is 0.175. The van der Waals surface area contributed by atoms with Crippen molar-refractivity contribution in [2.24, 2.45) is 0 Å². The van der Waals surface area contributed by atoms with Gasteiger partial charge in [-0.1, -0.05) is 31.2 Å². The smallest absolute Gasteiger partial charge is 0.327 e. The van der Waals surface area contributed by atoms with E-state index < -0.39 is 0 Å². The van der Waals surface area contributed by atoms with Gasteiger partial charge in [-0.2, -0.15) is 0 Å². The Labute approximate surface area is 114 Å². The van der Waals surface area contributed by atoms with E-state index in [0.29, 0.717) is 0 Å². The fourth-order valence-electron chi connectivity index (χ4n) is 2.48. The molecule has 1 fully saturated rings. The van der Waals surface area contributed by atoms with Gasteiger partial charge in [0.15, 0.2) is 0 Å². The maximum Gasteiger partial charge on any atom is 0.327 e. The highest BCUT2D eigenvalue weighted by atomic mass is 16.5. The first kappa shape index (κ1) is 14.0. The van der Waals surface area contributed by atoms with Gasteiger partial charge in [-0.15, -0.1) is 0 Å². The van der Waals surface area contributed by atoms with Crippen LogP contribution in [0.15, 0.2) is 24.3 Å². The summed E-state index contributed by atoms with van der Waals surface area (Å²) in [6, 6.07) is 7.99. The molecule has 0 aliphatic carbocycles. The number of piperazine rings is 1. The molecule has 0 bridgehead atoms. The summed E-state index contributed by atoms with van der Waals surface area (Å²) >= 11 is 0. The third-order valence-electron chi connectivity index (χ3n) is 3.64. The lowest BCUT2D eigenvalue weighted by Gasteiger charge is -2.33. The summed E-state index contributed by atoms with van der Waals surface area (Å²) in [5.74, 6) is -0.175. The number of carbonyl (C=O) groups excluding carboxylic acids is 1. The van der Waals surface area contributed by atoms with E-state index in [9.17, 15) is 4.79 Å². The zero-order valence-corrected chi connectivity index (χ0v) is 11.7. The molecule has 0 spiro atoms. The summed E-state index contributed by atoms with van der Waals surface area (Å²) in [7, 11) is 1.46. The van der Waals surface area contributed by atoms with Crippen molar-refractivity contribution in [1.29, 1.82) is 0 Å². The van der Waals surface area contributed by atoms with Crippen molar-refractivity contribution in [2.45, 2.75) is 19.4 Å². The second kappa shape index (κ2) is 6.68. The Balaban J connectivity index is 2.22. The Bertz CT molecular complexity index is 411. The van der Waals surface area contributed by atoms with Crippen LogP contribution >= 0.6 is 0 Å². The van der Waals surface area contributed by atoms with E-state index in [2.05, 4.69) is 29.3 Å². The molecule has 1 aromatic rings. The molecule has 104 valence electrons. The van der Waals surface area contributed by atoms with Crippen LogP contribution in [0.3, 0.4) is 0 Å². The number of nitrogens with zero attached hydrogens (tertiary/aromatic N) is 1. The number of aryl methyl sites for hydroxylation is 1. The number of ether oxygens (including phenoxy) is 1. The molecule has 0 saturated carbocycles. The molecular formula is C15H22N2O2. The van der Waals surface area contributed by atoms with Gasteiger partial charge in [0.25, 0.3) is 0 Å². The third-order valence-corrected chi connectivity index (χ3v) is 3.64. The van der Waals surface area contributed by atoms with Crippen LogP contribution in [0.1, 0.15) is 24.1 Å². The van der Waals surface area contributed by atoms with Gasteiger partial charge in [0.05, 0.1) is 7.11 Å². The van der Waals surface area contributed by atoms with Crippen LogP contribution in [-0.2, 0) is 16.0 Å². The van der Waals surface area contributed by atoms with E-state index in [1.165, 1.54) is 12.7 Å². The second-order valence-corrected chi connectivity index (χ2v) is 4.81. The number of nitrogens with one attached hydrogen (secondary N) is 1. The van der Waals surface area contributed by atoms with Crippen LogP contribution < -0.4 is 5.32 Å². The summed E-state index contributed by atoms with van der Waals surface area (Å²) in [4.78, 5) is 14.3. The standard InChI is InChI=1S/C15H22N2O2/c1-3-12-4-6-13(7-5-12)14(15(18)19-2)17-10-8-16-9-11-17/h4-7,14,16H,3,8-11H2,1-2H3. The molecule has 1 saturated heterocycles. The summed E-state index contributed by atoms with van der Waals surface area (Å²) in [5.41, 5.74) is 2.30. The number of hydrogen-bond donors (Lipinski definition) is 1. The van der Waals surface area contributed by atoms with Crippen LogP contribution in [0.25, 0.3) is 0 Å². The van der Waals surface area contributed by atoms with Crippen LogP contribution in [0.2, 0.25) is 0 Å². The Hall–Kier alpha value is -1.39. The predicted octanol–water partition coefficient (Wildman–Crippen LogP) is 1.37. The Morgan fingerprint density at radius 3 is 2.47 bits per heavy atom. The average Bonchev–Trinajstić information content (AvgIpc) is 2.49. The summed E-state index contributed by atoms with van der Waals surface area (Å²) in [6.45, 7) is 5.70. The molecule has 1 unspecified atom stereocenters. The second-order valence-electron chi connectivity index (χ2n) is 4.81. The monoisotopic (exact) mass is 262 g/mol. The van der Waals surface area contributed by atoms with Crippen molar-refractivity contribution in [3.8, 4) is 0 Å². The lowest BCUT2D eigenvalue weighted by atomic mass is 10.0. The topological polar surface area (TPSA) is 41.6 Å². The van der Waals surface area contributed by atoms with E-state index in [1.54, 1.807) is 0 Å². The quantitative estimate of drug-likeness (QED) is 0.832. The number of benzene rings is 1. The molecule has 1 aliphatic rings. The normalized spacial score (nSPS) is 18.0. The largest absolute Gasteiger partial charge is 0.468 e.